The van der Waals surface area contributed by atoms with Gasteiger partial charge in [-0.2, -0.15) is 0 Å². The smallest absolute Gasteiger partial charge is 0 e. The van der Waals surface area contributed by atoms with Crippen molar-refractivity contribution in [3.63, 3.8) is 0 Å². The third kappa shape index (κ3) is 8.84. The van der Waals surface area contributed by atoms with Gasteiger partial charge in [0, 0.05) is 49.5 Å². The van der Waals surface area contributed by atoms with Crippen LogP contribution >= 0.6 is 0 Å². The summed E-state index contributed by atoms with van der Waals surface area (Å²) in [5.41, 5.74) is 0. The third-order valence-corrected chi connectivity index (χ3v) is 0. The molecule has 4 heavy (non-hydrogen) atoms. The molecule has 0 spiro atoms. The Balaban J connectivity index is 0. The van der Waals surface area contributed by atoms with Crippen molar-refractivity contribution in [1.82, 2.24) is 0 Å². The van der Waals surface area contributed by atoms with E-state index in [0.717, 1.165) is 0 Å². The van der Waals surface area contributed by atoms with Crippen LogP contribution in [0.5, 0.6) is 0 Å². The van der Waals surface area contributed by atoms with Gasteiger partial charge >= 0.3 is 40.4 Å². The molecule has 0 aromatic carbocycles. The molecule has 0 aliphatic rings. The summed E-state index contributed by atoms with van der Waals surface area (Å²) in [5.74, 6) is 0. The average molecular weight is 326 g/mol. The molecule has 0 nitrogen and oxygen atoms in total. The second-order valence-electron chi connectivity index (χ2n) is 0. The van der Waals surface area contributed by atoms with Crippen LogP contribution in [0.15, 0.2) is 0 Å². The SMILES string of the molecule is [Ni].[Ni].[Ni].[Sm+3]. The zero-order chi connectivity index (χ0) is 0. The summed E-state index contributed by atoms with van der Waals surface area (Å²) >= 11 is 0. The Labute approximate surface area is 88.1 Å². The van der Waals surface area contributed by atoms with E-state index in [1.807, 2.05) is 0 Å². The molecule has 0 aromatic rings. The molecule has 0 aromatic heterocycles. The minimum absolute atomic E-state index is 0. The molecule has 0 bridgehead atoms. The standard InChI is InChI=1S/3Ni.Sm/q;;;+3. The molecule has 0 saturated heterocycles. The van der Waals surface area contributed by atoms with Crippen molar-refractivity contribution in [2.75, 3.05) is 0 Å². The number of hydrogen-bond acceptors (Lipinski definition) is 0. The molecule has 0 N–H and O–H groups in total. The second-order valence-corrected chi connectivity index (χ2v) is 0. The molecular formula is Ni3Sm+3. The van der Waals surface area contributed by atoms with E-state index >= 15 is 0 Å². The second kappa shape index (κ2) is 17.0. The number of rotatable bonds is 0. The van der Waals surface area contributed by atoms with E-state index < -0.39 is 0 Å². The van der Waals surface area contributed by atoms with Crippen LogP contribution < -0.4 is 0 Å². The molecule has 0 rings (SSSR count). The van der Waals surface area contributed by atoms with Crippen molar-refractivity contribution in [1.29, 1.82) is 0 Å². The van der Waals surface area contributed by atoms with Gasteiger partial charge in [-0.1, -0.05) is 0 Å². The zero-order valence-corrected chi connectivity index (χ0v) is 6.94. The van der Waals surface area contributed by atoms with Crippen LogP contribution in [0.25, 0.3) is 0 Å². The van der Waals surface area contributed by atoms with Crippen LogP contribution in [0.1, 0.15) is 0 Å². The van der Waals surface area contributed by atoms with Crippen LogP contribution in [0.4, 0.5) is 0 Å². The molecule has 0 amide bonds. The van der Waals surface area contributed by atoms with E-state index in [1.54, 1.807) is 0 Å². The Hall–Kier alpha value is 2.82. The molecule has 0 fully saturated rings. The van der Waals surface area contributed by atoms with Crippen molar-refractivity contribution in [2.24, 2.45) is 0 Å². The predicted molar refractivity (Wildman–Crippen MR) is 0 cm³/mol. The van der Waals surface area contributed by atoms with E-state index in [-0.39, 0.29) is 89.9 Å². The van der Waals surface area contributed by atoms with Gasteiger partial charge in [0.1, 0.15) is 0 Å². The van der Waals surface area contributed by atoms with E-state index in [9.17, 15) is 0 Å². The van der Waals surface area contributed by atoms with E-state index in [0.29, 0.717) is 0 Å². The van der Waals surface area contributed by atoms with Gasteiger partial charge in [-0.25, -0.2) is 0 Å². The first-order chi connectivity index (χ1) is 0. The van der Waals surface area contributed by atoms with Crippen LogP contribution in [0.3, 0.4) is 0 Å². The Morgan fingerprint density at radius 2 is 0.500 bits per heavy atom. The van der Waals surface area contributed by atoms with Gasteiger partial charge in [0.2, 0.25) is 0 Å². The fraction of sp³-hybridized carbons (Fsp3) is 0. The summed E-state index contributed by atoms with van der Waals surface area (Å²) in [5, 5.41) is 0. The average Bonchev–Trinajstić information content (AvgIpc) is 0. The van der Waals surface area contributed by atoms with E-state index in [4.69, 9.17) is 0 Å². The zero-order valence-electron chi connectivity index (χ0n) is 1.36. The molecule has 0 saturated carbocycles. The molecule has 0 unspecified atom stereocenters. The Kier molecular flexibility index (Phi) is 124. The third-order valence-electron chi connectivity index (χ3n) is 0. The minimum Gasteiger partial charge on any atom is 0 e. The molecule has 0 aliphatic heterocycles. The maximum atomic E-state index is 0. The molecule has 33 valence electrons. The monoisotopic (exact) mass is 326 g/mol. The first-order valence-electron chi connectivity index (χ1n) is 0. The molecule has 0 atom stereocenters. The molecule has 0 heterocycles. The maximum Gasteiger partial charge on any atom is 3.00 e. The minimum atomic E-state index is 0. The molecule has 4 heteroatoms. The van der Waals surface area contributed by atoms with E-state index in [2.05, 4.69) is 0 Å². The first kappa shape index (κ1) is 29.1. The van der Waals surface area contributed by atoms with Gasteiger partial charge in [-0.3, -0.25) is 0 Å². The summed E-state index contributed by atoms with van der Waals surface area (Å²) in [4.78, 5) is 0. The Bertz CT molecular complexity index is 3.25. The van der Waals surface area contributed by atoms with Crippen molar-refractivity contribution in [2.45, 2.75) is 0 Å². The van der Waals surface area contributed by atoms with Crippen LogP contribution in [-0.4, -0.2) is 0 Å². The molecular weight excluding hydrogens is 326 g/mol. The van der Waals surface area contributed by atoms with Crippen LogP contribution in [0, 0.1) is 40.4 Å². The normalized spacial score (nSPS) is 0. The van der Waals surface area contributed by atoms with Crippen molar-refractivity contribution in [3.8, 4) is 0 Å². The van der Waals surface area contributed by atoms with Crippen molar-refractivity contribution < 1.29 is 89.9 Å². The van der Waals surface area contributed by atoms with Gasteiger partial charge in [0.15, 0.2) is 0 Å². The fourth-order valence-corrected chi connectivity index (χ4v) is 0. The summed E-state index contributed by atoms with van der Waals surface area (Å²) in [6.45, 7) is 0. The fourth-order valence-electron chi connectivity index (χ4n) is 0. The van der Waals surface area contributed by atoms with Crippen LogP contribution in [0.2, 0.25) is 0 Å². The van der Waals surface area contributed by atoms with Gasteiger partial charge in [-0.05, 0) is 0 Å². The first-order valence-corrected chi connectivity index (χ1v) is 0. The van der Waals surface area contributed by atoms with Gasteiger partial charge < -0.3 is 0 Å². The summed E-state index contributed by atoms with van der Waals surface area (Å²) < 4.78 is 0. The summed E-state index contributed by atoms with van der Waals surface area (Å²) in [7, 11) is 0. The largest absolute Gasteiger partial charge is 3.00 e. The Morgan fingerprint density at radius 3 is 0.500 bits per heavy atom. The summed E-state index contributed by atoms with van der Waals surface area (Å²) in [6.07, 6.45) is 0. The summed E-state index contributed by atoms with van der Waals surface area (Å²) in [6, 6.07) is 0. The molecule has 1 radical (unpaired) electrons. The molecule has 0 aliphatic carbocycles. The number of hydrogen-bond donors (Lipinski definition) is 0. The van der Waals surface area contributed by atoms with Crippen molar-refractivity contribution >= 4 is 0 Å². The van der Waals surface area contributed by atoms with Gasteiger partial charge in [0.05, 0.1) is 0 Å². The quantitative estimate of drug-likeness (QED) is 0.550. The van der Waals surface area contributed by atoms with Crippen molar-refractivity contribution in [3.05, 3.63) is 0 Å². The van der Waals surface area contributed by atoms with E-state index in [1.165, 1.54) is 0 Å². The van der Waals surface area contributed by atoms with Crippen LogP contribution in [-0.2, 0) is 49.5 Å². The maximum absolute atomic E-state index is 0. The van der Waals surface area contributed by atoms with Gasteiger partial charge in [0.25, 0.3) is 0 Å². The Morgan fingerprint density at radius 1 is 0.500 bits per heavy atom. The topological polar surface area (TPSA) is 0 Å². The predicted octanol–water partition coefficient (Wildman–Crippen LogP) is -0.00750. The van der Waals surface area contributed by atoms with Gasteiger partial charge in [-0.15, -0.1) is 0 Å².